The molecule has 0 amide bonds. The zero-order valence-electron chi connectivity index (χ0n) is 11.9. The molecule has 0 spiro atoms. The van der Waals surface area contributed by atoms with Crippen molar-refractivity contribution in [1.29, 1.82) is 0 Å². The number of piperazine rings is 1. The molecule has 1 aliphatic carbocycles. The lowest BCUT2D eigenvalue weighted by Gasteiger charge is -2.36. The summed E-state index contributed by atoms with van der Waals surface area (Å²) in [6, 6.07) is 9.01. The Morgan fingerprint density at radius 2 is 1.74 bits per heavy atom. The molecule has 3 heteroatoms. The van der Waals surface area contributed by atoms with Crippen molar-refractivity contribution in [2.24, 2.45) is 5.92 Å². The van der Waals surface area contributed by atoms with Crippen molar-refractivity contribution in [3.05, 3.63) is 29.8 Å². The van der Waals surface area contributed by atoms with E-state index in [1.54, 1.807) is 0 Å². The fourth-order valence-electron chi connectivity index (χ4n) is 2.88. The van der Waals surface area contributed by atoms with Gasteiger partial charge in [0.05, 0.1) is 0 Å². The molecule has 1 N–H and O–H groups in total. The van der Waals surface area contributed by atoms with Crippen LogP contribution in [0.3, 0.4) is 0 Å². The van der Waals surface area contributed by atoms with Crippen LogP contribution in [0, 0.1) is 5.92 Å². The van der Waals surface area contributed by atoms with Crippen LogP contribution in [0.15, 0.2) is 24.3 Å². The van der Waals surface area contributed by atoms with Gasteiger partial charge in [-0.1, -0.05) is 12.1 Å². The zero-order chi connectivity index (χ0) is 13.1. The highest BCUT2D eigenvalue weighted by Crippen LogP contribution is 2.30. The van der Waals surface area contributed by atoms with E-state index in [0.29, 0.717) is 0 Å². The summed E-state index contributed by atoms with van der Waals surface area (Å²) in [4.78, 5) is 5.16. The molecule has 0 unspecified atom stereocenters. The molecule has 1 saturated carbocycles. The minimum atomic E-state index is 0.954. The summed E-state index contributed by atoms with van der Waals surface area (Å²) < 4.78 is 0. The van der Waals surface area contributed by atoms with Crippen LogP contribution in [0.25, 0.3) is 0 Å². The van der Waals surface area contributed by atoms with E-state index in [9.17, 15) is 0 Å². The molecular weight excluding hydrogens is 234 g/mol. The largest absolute Gasteiger partial charge is 0.369 e. The molecule has 3 rings (SSSR count). The van der Waals surface area contributed by atoms with Gasteiger partial charge in [-0.05, 0) is 43.5 Å². The number of nitrogens with zero attached hydrogens (tertiary/aromatic N) is 2. The maximum absolute atomic E-state index is 3.19. The molecule has 0 radical (unpaired) electrons. The standard InChI is InChI=1S/C16H25N3/c1-17-12-14-4-6-16(7-5-14)19-10-8-18(9-11-19)13-15-2-3-15/h4-7,15,17H,2-3,8-13H2,1H3. The molecule has 1 heterocycles. The van der Waals surface area contributed by atoms with Crippen LogP contribution in [0.4, 0.5) is 5.69 Å². The minimum Gasteiger partial charge on any atom is -0.369 e. The number of nitrogens with one attached hydrogen (secondary N) is 1. The van der Waals surface area contributed by atoms with Crippen LogP contribution in [0.1, 0.15) is 18.4 Å². The van der Waals surface area contributed by atoms with Gasteiger partial charge in [-0.25, -0.2) is 0 Å². The first-order valence-electron chi connectivity index (χ1n) is 7.56. The van der Waals surface area contributed by atoms with Crippen molar-refractivity contribution < 1.29 is 0 Å². The van der Waals surface area contributed by atoms with E-state index in [0.717, 1.165) is 12.5 Å². The second kappa shape index (κ2) is 5.93. The van der Waals surface area contributed by atoms with Crippen molar-refractivity contribution in [3.8, 4) is 0 Å². The Hall–Kier alpha value is -1.06. The highest BCUT2D eigenvalue weighted by atomic mass is 15.3. The van der Waals surface area contributed by atoms with Gasteiger partial charge in [0.25, 0.3) is 0 Å². The van der Waals surface area contributed by atoms with E-state index >= 15 is 0 Å². The molecule has 1 aliphatic heterocycles. The average molecular weight is 259 g/mol. The number of hydrogen-bond donors (Lipinski definition) is 1. The monoisotopic (exact) mass is 259 g/mol. The average Bonchev–Trinajstić information content (AvgIpc) is 3.25. The Kier molecular flexibility index (Phi) is 4.04. The highest BCUT2D eigenvalue weighted by molar-refractivity contribution is 5.48. The second-order valence-corrected chi connectivity index (χ2v) is 5.93. The maximum Gasteiger partial charge on any atom is 0.0367 e. The maximum atomic E-state index is 3.19. The van der Waals surface area contributed by atoms with E-state index in [1.165, 1.54) is 56.8 Å². The van der Waals surface area contributed by atoms with E-state index in [4.69, 9.17) is 0 Å². The Morgan fingerprint density at radius 1 is 1.05 bits per heavy atom. The SMILES string of the molecule is CNCc1ccc(N2CCN(CC3CC3)CC2)cc1. The number of benzene rings is 1. The van der Waals surface area contributed by atoms with Crippen LogP contribution in [0.5, 0.6) is 0 Å². The van der Waals surface area contributed by atoms with E-state index in [1.807, 2.05) is 7.05 Å². The summed E-state index contributed by atoms with van der Waals surface area (Å²) >= 11 is 0. The molecule has 1 aromatic rings. The summed E-state index contributed by atoms with van der Waals surface area (Å²) in [5.74, 6) is 1.02. The van der Waals surface area contributed by atoms with Crippen molar-refractivity contribution in [3.63, 3.8) is 0 Å². The van der Waals surface area contributed by atoms with Crippen molar-refractivity contribution in [2.45, 2.75) is 19.4 Å². The van der Waals surface area contributed by atoms with Gasteiger partial charge in [0.15, 0.2) is 0 Å². The van der Waals surface area contributed by atoms with Crippen LogP contribution < -0.4 is 10.2 Å². The van der Waals surface area contributed by atoms with Crippen LogP contribution in [-0.2, 0) is 6.54 Å². The third kappa shape index (κ3) is 3.48. The third-order valence-electron chi connectivity index (χ3n) is 4.27. The minimum absolute atomic E-state index is 0.954. The van der Waals surface area contributed by atoms with Gasteiger partial charge in [0.2, 0.25) is 0 Å². The van der Waals surface area contributed by atoms with E-state index in [-0.39, 0.29) is 0 Å². The van der Waals surface area contributed by atoms with Gasteiger partial charge in [-0.15, -0.1) is 0 Å². The first kappa shape index (κ1) is 12.9. The first-order chi connectivity index (χ1) is 9.35. The van der Waals surface area contributed by atoms with Gasteiger partial charge in [0, 0.05) is 45.0 Å². The van der Waals surface area contributed by atoms with Crippen molar-refractivity contribution >= 4 is 5.69 Å². The predicted octanol–water partition coefficient (Wildman–Crippen LogP) is 1.94. The smallest absolute Gasteiger partial charge is 0.0367 e. The molecule has 0 bridgehead atoms. The molecule has 0 atom stereocenters. The second-order valence-electron chi connectivity index (χ2n) is 5.93. The Morgan fingerprint density at radius 3 is 2.32 bits per heavy atom. The van der Waals surface area contributed by atoms with Crippen LogP contribution in [-0.4, -0.2) is 44.7 Å². The molecule has 2 aliphatic rings. The lowest BCUT2D eigenvalue weighted by atomic mass is 10.1. The summed E-state index contributed by atoms with van der Waals surface area (Å²) in [7, 11) is 1.99. The van der Waals surface area contributed by atoms with Gasteiger partial charge < -0.3 is 10.2 Å². The third-order valence-corrected chi connectivity index (χ3v) is 4.27. The number of rotatable bonds is 5. The molecule has 104 valence electrons. The molecule has 1 aromatic carbocycles. The van der Waals surface area contributed by atoms with Gasteiger partial charge in [-0.2, -0.15) is 0 Å². The number of hydrogen-bond acceptors (Lipinski definition) is 3. The Bertz CT molecular complexity index is 389. The van der Waals surface area contributed by atoms with E-state index < -0.39 is 0 Å². The zero-order valence-corrected chi connectivity index (χ0v) is 11.9. The lowest BCUT2D eigenvalue weighted by Crippen LogP contribution is -2.47. The summed E-state index contributed by atoms with van der Waals surface area (Å²) in [6.45, 7) is 7.12. The highest BCUT2D eigenvalue weighted by Gasteiger charge is 2.26. The van der Waals surface area contributed by atoms with Crippen molar-refractivity contribution in [2.75, 3.05) is 44.7 Å². The molecular formula is C16H25N3. The Labute approximate surface area is 116 Å². The molecule has 0 aromatic heterocycles. The fourth-order valence-corrected chi connectivity index (χ4v) is 2.88. The molecule has 2 fully saturated rings. The van der Waals surface area contributed by atoms with Gasteiger partial charge >= 0.3 is 0 Å². The number of anilines is 1. The normalized spacial score (nSPS) is 20.8. The van der Waals surface area contributed by atoms with Crippen molar-refractivity contribution in [1.82, 2.24) is 10.2 Å². The van der Waals surface area contributed by atoms with Crippen LogP contribution in [0.2, 0.25) is 0 Å². The van der Waals surface area contributed by atoms with E-state index in [2.05, 4.69) is 39.4 Å². The summed E-state index contributed by atoms with van der Waals surface area (Å²) in [5, 5.41) is 3.19. The quantitative estimate of drug-likeness (QED) is 0.872. The lowest BCUT2D eigenvalue weighted by molar-refractivity contribution is 0.248. The fraction of sp³-hybridized carbons (Fsp3) is 0.625. The van der Waals surface area contributed by atoms with Gasteiger partial charge in [0.1, 0.15) is 0 Å². The molecule has 19 heavy (non-hydrogen) atoms. The predicted molar refractivity (Wildman–Crippen MR) is 80.6 cm³/mol. The molecule has 1 saturated heterocycles. The van der Waals surface area contributed by atoms with Gasteiger partial charge in [-0.3, -0.25) is 4.90 Å². The first-order valence-corrected chi connectivity index (χ1v) is 7.56. The topological polar surface area (TPSA) is 18.5 Å². The molecule has 3 nitrogen and oxygen atoms in total. The van der Waals surface area contributed by atoms with Crippen LogP contribution >= 0.6 is 0 Å². The summed E-state index contributed by atoms with van der Waals surface area (Å²) in [6.07, 6.45) is 2.93. The Balaban J connectivity index is 1.52. The summed E-state index contributed by atoms with van der Waals surface area (Å²) in [5.41, 5.74) is 2.74.